The fourth-order valence-electron chi connectivity index (χ4n) is 2.26. The third-order valence-corrected chi connectivity index (χ3v) is 6.29. The van der Waals surface area contributed by atoms with Gasteiger partial charge in [-0.05, 0) is 36.8 Å². The monoisotopic (exact) mass is 416 g/mol. The maximum Gasteiger partial charge on any atom is 0.238 e. The van der Waals surface area contributed by atoms with Gasteiger partial charge < -0.3 is 4.74 Å². The first kappa shape index (κ1) is 18.3. The summed E-state index contributed by atoms with van der Waals surface area (Å²) in [7, 11) is -3.63. The first-order chi connectivity index (χ1) is 11.9. The zero-order chi connectivity index (χ0) is 18.0. The quantitative estimate of drug-likeness (QED) is 0.617. The molecule has 3 rings (SSSR count). The van der Waals surface area contributed by atoms with Crippen molar-refractivity contribution >= 4 is 59.9 Å². The van der Waals surface area contributed by atoms with E-state index >= 15 is 0 Å². The number of nitrogens with one attached hydrogen (secondary N) is 1. The number of fused-ring (bicyclic) bond motifs is 1. The Labute approximate surface area is 159 Å². The molecular weight excluding hydrogens is 403 g/mol. The number of sulfonamides is 1. The van der Waals surface area contributed by atoms with Gasteiger partial charge in [0, 0.05) is 0 Å². The van der Waals surface area contributed by atoms with Crippen LogP contribution in [0.3, 0.4) is 0 Å². The Balaban J connectivity index is 1.84. The van der Waals surface area contributed by atoms with E-state index < -0.39 is 10.0 Å². The summed E-state index contributed by atoms with van der Waals surface area (Å²) >= 11 is 13.0. The molecule has 0 aliphatic heterocycles. The van der Waals surface area contributed by atoms with Crippen molar-refractivity contribution < 1.29 is 13.2 Å². The molecular formula is C16H14Cl2N2O3S2. The van der Waals surface area contributed by atoms with Gasteiger partial charge in [-0.25, -0.2) is 13.4 Å². The molecule has 0 aliphatic carbocycles. The van der Waals surface area contributed by atoms with Crippen LogP contribution in [0.1, 0.15) is 12.5 Å². The Morgan fingerprint density at radius 2 is 2.00 bits per heavy atom. The number of aromatic nitrogens is 1. The number of benzene rings is 2. The minimum atomic E-state index is -3.63. The van der Waals surface area contributed by atoms with Crippen LogP contribution in [0.4, 0.5) is 5.13 Å². The lowest BCUT2D eigenvalue weighted by Crippen LogP contribution is -2.14. The maximum atomic E-state index is 12.4. The number of para-hydroxylation sites is 1. The molecule has 1 heterocycles. The first-order valence-electron chi connectivity index (χ1n) is 7.35. The van der Waals surface area contributed by atoms with Crippen LogP contribution in [0, 0.1) is 0 Å². The van der Waals surface area contributed by atoms with Crippen LogP contribution in [-0.2, 0) is 15.8 Å². The summed E-state index contributed by atoms with van der Waals surface area (Å²) < 4.78 is 33.7. The van der Waals surface area contributed by atoms with E-state index in [4.69, 9.17) is 27.9 Å². The minimum absolute atomic E-state index is 0.224. The molecule has 0 aliphatic rings. The van der Waals surface area contributed by atoms with E-state index in [1.54, 1.807) is 18.2 Å². The smallest absolute Gasteiger partial charge is 0.238 e. The van der Waals surface area contributed by atoms with Crippen LogP contribution >= 0.6 is 34.5 Å². The maximum absolute atomic E-state index is 12.4. The number of hydrogen-bond acceptors (Lipinski definition) is 5. The average molecular weight is 417 g/mol. The van der Waals surface area contributed by atoms with E-state index in [1.807, 2.05) is 19.1 Å². The molecule has 0 saturated carbocycles. The topological polar surface area (TPSA) is 68.3 Å². The van der Waals surface area contributed by atoms with E-state index in [-0.39, 0.29) is 5.75 Å². The fraction of sp³-hybridized carbons (Fsp3) is 0.188. The van der Waals surface area contributed by atoms with Crippen molar-refractivity contribution in [3.8, 4) is 5.75 Å². The molecule has 0 saturated heterocycles. The summed E-state index contributed by atoms with van der Waals surface area (Å²) in [4.78, 5) is 4.35. The number of anilines is 1. The zero-order valence-electron chi connectivity index (χ0n) is 13.1. The lowest BCUT2D eigenvalue weighted by molar-refractivity contribution is 0.344. The van der Waals surface area contributed by atoms with Crippen molar-refractivity contribution in [2.45, 2.75) is 12.7 Å². The fourth-order valence-corrected chi connectivity index (χ4v) is 4.86. The second kappa shape index (κ2) is 7.37. The molecule has 0 bridgehead atoms. The SMILES string of the molecule is CCOc1cccc2sc(NS(=O)(=O)Cc3ccc(Cl)c(Cl)c3)nc12. The van der Waals surface area contributed by atoms with Crippen molar-refractivity contribution in [3.05, 3.63) is 52.0 Å². The van der Waals surface area contributed by atoms with Crippen molar-refractivity contribution in [1.82, 2.24) is 4.98 Å². The Bertz CT molecular complexity index is 1020. The standard InChI is InChI=1S/C16H14Cl2N2O3S2/c1-2-23-13-4-3-5-14-15(13)19-16(24-14)20-25(21,22)9-10-6-7-11(17)12(18)8-10/h3-8H,2,9H2,1H3,(H,19,20). The van der Waals surface area contributed by atoms with E-state index in [2.05, 4.69) is 9.71 Å². The van der Waals surface area contributed by atoms with Crippen molar-refractivity contribution in [3.63, 3.8) is 0 Å². The van der Waals surface area contributed by atoms with Gasteiger partial charge in [0.25, 0.3) is 0 Å². The highest BCUT2D eigenvalue weighted by atomic mass is 35.5. The van der Waals surface area contributed by atoms with Crippen LogP contribution in [-0.4, -0.2) is 20.0 Å². The third kappa shape index (κ3) is 4.36. The van der Waals surface area contributed by atoms with E-state index in [9.17, 15) is 8.42 Å². The Morgan fingerprint density at radius 1 is 1.20 bits per heavy atom. The summed E-state index contributed by atoms with van der Waals surface area (Å²) in [5.74, 6) is 0.407. The number of halogens is 2. The molecule has 0 amide bonds. The number of hydrogen-bond donors (Lipinski definition) is 1. The molecule has 3 aromatic rings. The van der Waals surface area contributed by atoms with Gasteiger partial charge in [-0.15, -0.1) is 0 Å². The second-order valence-corrected chi connectivity index (χ2v) is 8.73. The molecule has 0 radical (unpaired) electrons. The normalized spacial score (nSPS) is 11.6. The predicted molar refractivity (Wildman–Crippen MR) is 103 cm³/mol. The second-order valence-electron chi connectivity index (χ2n) is 5.16. The largest absolute Gasteiger partial charge is 0.492 e. The number of thiazole rings is 1. The number of nitrogens with zero attached hydrogens (tertiary/aromatic N) is 1. The third-order valence-electron chi connectivity index (χ3n) is 3.27. The highest BCUT2D eigenvalue weighted by Crippen LogP contribution is 2.33. The van der Waals surface area contributed by atoms with Crippen molar-refractivity contribution in [1.29, 1.82) is 0 Å². The first-order valence-corrected chi connectivity index (χ1v) is 10.6. The van der Waals surface area contributed by atoms with Crippen molar-refractivity contribution in [2.75, 3.05) is 11.3 Å². The van der Waals surface area contributed by atoms with Crippen LogP contribution in [0.2, 0.25) is 10.0 Å². The molecule has 9 heteroatoms. The molecule has 0 unspecified atom stereocenters. The van der Waals surface area contributed by atoms with E-state index in [1.165, 1.54) is 17.4 Å². The predicted octanol–water partition coefficient (Wildman–Crippen LogP) is 4.94. The molecule has 5 nitrogen and oxygen atoms in total. The van der Waals surface area contributed by atoms with Crippen LogP contribution in [0.25, 0.3) is 10.2 Å². The minimum Gasteiger partial charge on any atom is -0.492 e. The zero-order valence-corrected chi connectivity index (χ0v) is 16.3. The van der Waals surface area contributed by atoms with Crippen LogP contribution < -0.4 is 9.46 Å². The highest BCUT2D eigenvalue weighted by Gasteiger charge is 2.16. The van der Waals surface area contributed by atoms with Crippen molar-refractivity contribution in [2.24, 2.45) is 0 Å². The summed E-state index contributed by atoms with van der Waals surface area (Å²) in [5, 5.41) is 0.989. The van der Waals surface area contributed by atoms with Gasteiger partial charge in [0.15, 0.2) is 5.13 Å². The van der Waals surface area contributed by atoms with Gasteiger partial charge in [-0.1, -0.05) is 46.7 Å². The lowest BCUT2D eigenvalue weighted by Gasteiger charge is -2.06. The van der Waals surface area contributed by atoms with E-state index in [0.717, 1.165) is 4.70 Å². The molecule has 25 heavy (non-hydrogen) atoms. The molecule has 1 N–H and O–H groups in total. The summed E-state index contributed by atoms with van der Waals surface area (Å²) in [5.41, 5.74) is 1.18. The summed E-state index contributed by atoms with van der Waals surface area (Å²) in [6, 6.07) is 10.2. The number of ether oxygens (including phenoxy) is 1. The Morgan fingerprint density at radius 3 is 2.72 bits per heavy atom. The molecule has 0 atom stereocenters. The molecule has 132 valence electrons. The van der Waals surface area contributed by atoms with Crippen LogP contribution in [0.15, 0.2) is 36.4 Å². The van der Waals surface area contributed by atoms with Crippen LogP contribution in [0.5, 0.6) is 5.75 Å². The van der Waals surface area contributed by atoms with E-state index in [0.29, 0.717) is 38.6 Å². The average Bonchev–Trinajstić information content (AvgIpc) is 2.93. The van der Waals surface area contributed by atoms with Gasteiger partial charge in [-0.3, -0.25) is 4.72 Å². The molecule has 0 spiro atoms. The Hall–Kier alpha value is -1.54. The Kier molecular flexibility index (Phi) is 5.38. The number of rotatable bonds is 6. The van der Waals surface area contributed by atoms with Gasteiger partial charge in [0.2, 0.25) is 10.0 Å². The molecule has 2 aromatic carbocycles. The van der Waals surface area contributed by atoms with Gasteiger partial charge >= 0.3 is 0 Å². The van der Waals surface area contributed by atoms with Gasteiger partial charge in [0.1, 0.15) is 11.3 Å². The highest BCUT2D eigenvalue weighted by molar-refractivity contribution is 7.92. The van der Waals surface area contributed by atoms with Gasteiger partial charge in [0.05, 0.1) is 27.1 Å². The molecule has 1 aromatic heterocycles. The summed E-state index contributed by atoms with van der Waals surface area (Å²) in [6.45, 7) is 2.39. The molecule has 0 fully saturated rings. The summed E-state index contributed by atoms with van der Waals surface area (Å²) in [6.07, 6.45) is 0. The van der Waals surface area contributed by atoms with Gasteiger partial charge in [-0.2, -0.15) is 0 Å². The lowest BCUT2D eigenvalue weighted by atomic mass is 10.2.